The van der Waals surface area contributed by atoms with Crippen LogP contribution in [0.4, 0.5) is 0 Å². The van der Waals surface area contributed by atoms with Crippen molar-refractivity contribution in [2.75, 3.05) is 6.61 Å². The molecule has 3 N–H and O–H groups in total. The molecule has 0 atom stereocenters. The normalized spacial score (nSPS) is 11.1. The number of carbonyl (C=O) groups excluding carboxylic acids is 1. The Balaban J connectivity index is 2.22. The van der Waals surface area contributed by atoms with E-state index in [0.29, 0.717) is 0 Å². The number of carbonyl (C=O) groups is 1. The van der Waals surface area contributed by atoms with E-state index in [1.54, 1.807) is 0 Å². The lowest BCUT2D eigenvalue weighted by atomic mass is 9.80. The molecule has 0 aliphatic carbocycles. The Morgan fingerprint density at radius 3 is 1.44 bits per heavy atom. The summed E-state index contributed by atoms with van der Waals surface area (Å²) in [6.07, 6.45) is 0. The van der Waals surface area contributed by atoms with Gasteiger partial charge in [-0.15, -0.1) is 0 Å². The fourth-order valence-electron chi connectivity index (χ4n) is 2.98. The van der Waals surface area contributed by atoms with Crippen LogP contribution in [-0.4, -0.2) is 12.5 Å². The molecule has 3 aromatic carbocycles. The summed E-state index contributed by atoms with van der Waals surface area (Å²) in [5, 5.41) is 0. The van der Waals surface area contributed by atoms with Crippen LogP contribution in [0.25, 0.3) is 0 Å². The lowest BCUT2D eigenvalue weighted by molar-refractivity contribution is -0.129. The molecule has 25 heavy (non-hydrogen) atoms. The molecule has 0 spiro atoms. The number of nitrogens with one attached hydrogen (secondary N) is 1. The molecule has 0 saturated heterocycles. The van der Waals surface area contributed by atoms with Gasteiger partial charge in [0, 0.05) is 0 Å². The number of benzene rings is 3. The minimum Gasteiger partial charge on any atom is -0.351 e. The number of hydrogen-bond acceptors (Lipinski definition) is 3. The van der Waals surface area contributed by atoms with Crippen molar-refractivity contribution in [3.8, 4) is 0 Å². The van der Waals surface area contributed by atoms with Crippen LogP contribution in [0.1, 0.15) is 16.7 Å². The molecule has 126 valence electrons. The van der Waals surface area contributed by atoms with Crippen LogP contribution >= 0.6 is 0 Å². The molecule has 1 amide bonds. The predicted octanol–water partition coefficient (Wildman–Crippen LogP) is 2.99. The monoisotopic (exact) mass is 332 g/mol. The molecule has 0 radical (unpaired) electrons. The van der Waals surface area contributed by atoms with Gasteiger partial charge in [0.05, 0.1) is 0 Å². The quantitative estimate of drug-likeness (QED) is 0.316. The number of ether oxygens (including phenoxy) is 1. The maximum absolute atomic E-state index is 11.8. The van der Waals surface area contributed by atoms with Gasteiger partial charge in [-0.2, -0.15) is 0 Å². The van der Waals surface area contributed by atoms with Gasteiger partial charge in [0.1, 0.15) is 12.2 Å². The second-order valence-corrected chi connectivity index (χ2v) is 5.64. The van der Waals surface area contributed by atoms with Crippen LogP contribution in [0.2, 0.25) is 0 Å². The van der Waals surface area contributed by atoms with Gasteiger partial charge >= 0.3 is 0 Å². The first-order chi connectivity index (χ1) is 12.3. The first-order valence-electron chi connectivity index (χ1n) is 8.07. The molecule has 3 rings (SSSR count). The van der Waals surface area contributed by atoms with E-state index in [9.17, 15) is 4.79 Å². The molecule has 0 aliphatic rings. The molecular weight excluding hydrogens is 312 g/mol. The summed E-state index contributed by atoms with van der Waals surface area (Å²) in [4.78, 5) is 11.8. The van der Waals surface area contributed by atoms with Crippen molar-refractivity contribution in [1.82, 2.24) is 5.43 Å². The van der Waals surface area contributed by atoms with Gasteiger partial charge < -0.3 is 4.74 Å². The average molecular weight is 332 g/mol. The summed E-state index contributed by atoms with van der Waals surface area (Å²) in [6, 6.07) is 29.6. The highest BCUT2D eigenvalue weighted by atomic mass is 16.5. The van der Waals surface area contributed by atoms with Gasteiger partial charge in [-0.1, -0.05) is 91.0 Å². The molecule has 0 aromatic heterocycles. The van der Waals surface area contributed by atoms with E-state index in [1.807, 2.05) is 91.0 Å². The summed E-state index contributed by atoms with van der Waals surface area (Å²) in [7, 11) is 0. The van der Waals surface area contributed by atoms with Crippen molar-refractivity contribution in [3.63, 3.8) is 0 Å². The third kappa shape index (κ3) is 3.45. The van der Waals surface area contributed by atoms with E-state index in [4.69, 9.17) is 10.6 Å². The fourth-order valence-corrected chi connectivity index (χ4v) is 2.98. The van der Waals surface area contributed by atoms with Crippen LogP contribution in [0.15, 0.2) is 91.0 Å². The number of hydrazine groups is 1. The maximum atomic E-state index is 11.8. The first-order valence-corrected chi connectivity index (χ1v) is 8.07. The second-order valence-electron chi connectivity index (χ2n) is 5.64. The van der Waals surface area contributed by atoms with Crippen LogP contribution in [0, 0.1) is 0 Å². The average Bonchev–Trinajstić information content (AvgIpc) is 2.71. The van der Waals surface area contributed by atoms with Gasteiger partial charge in [-0.05, 0) is 16.7 Å². The minimum atomic E-state index is -0.906. The molecular formula is C21H20N2O2. The van der Waals surface area contributed by atoms with Gasteiger partial charge in [-0.25, -0.2) is 5.84 Å². The van der Waals surface area contributed by atoms with Crippen molar-refractivity contribution in [2.45, 2.75) is 5.60 Å². The summed E-state index contributed by atoms with van der Waals surface area (Å²) in [6.45, 7) is -0.158. The lowest BCUT2D eigenvalue weighted by Gasteiger charge is -2.35. The van der Waals surface area contributed by atoms with Crippen molar-refractivity contribution in [2.24, 2.45) is 5.84 Å². The summed E-state index contributed by atoms with van der Waals surface area (Å²) in [5.74, 6) is 4.86. The highest BCUT2D eigenvalue weighted by molar-refractivity contribution is 5.76. The zero-order valence-corrected chi connectivity index (χ0v) is 13.8. The highest BCUT2D eigenvalue weighted by Gasteiger charge is 2.37. The Morgan fingerprint density at radius 2 is 1.12 bits per heavy atom. The molecule has 0 fully saturated rings. The SMILES string of the molecule is NNC(=O)COC(c1ccccc1)(c1ccccc1)c1ccccc1. The standard InChI is InChI=1S/C21H20N2O2/c22-23-20(24)16-25-21(17-10-4-1-5-11-17,18-12-6-2-7-13-18)19-14-8-3-9-15-19/h1-15H,16,22H2,(H,23,24). The molecule has 4 nitrogen and oxygen atoms in total. The van der Waals surface area contributed by atoms with Gasteiger partial charge in [-0.3, -0.25) is 10.2 Å². The van der Waals surface area contributed by atoms with Crippen LogP contribution in [-0.2, 0) is 15.1 Å². The zero-order chi connectivity index (χ0) is 17.5. The van der Waals surface area contributed by atoms with Crippen molar-refractivity contribution >= 4 is 5.91 Å². The topological polar surface area (TPSA) is 64.3 Å². The Kier molecular flexibility index (Phi) is 5.23. The first kappa shape index (κ1) is 16.9. The van der Waals surface area contributed by atoms with E-state index in [-0.39, 0.29) is 12.5 Å². The molecule has 0 heterocycles. The summed E-state index contributed by atoms with van der Waals surface area (Å²) in [5.41, 5.74) is 4.05. The third-order valence-electron chi connectivity index (χ3n) is 4.12. The lowest BCUT2D eigenvalue weighted by Crippen LogP contribution is -2.39. The van der Waals surface area contributed by atoms with Crippen LogP contribution in [0.3, 0.4) is 0 Å². The molecule has 3 aromatic rings. The molecule has 0 unspecified atom stereocenters. The number of nitrogens with two attached hydrogens (primary N) is 1. The van der Waals surface area contributed by atoms with E-state index in [1.165, 1.54) is 0 Å². The molecule has 0 saturated carbocycles. The molecule has 0 aliphatic heterocycles. The van der Waals surface area contributed by atoms with Crippen LogP contribution < -0.4 is 11.3 Å². The van der Waals surface area contributed by atoms with Gasteiger partial charge in [0.2, 0.25) is 0 Å². The van der Waals surface area contributed by atoms with Gasteiger partial charge in [0.15, 0.2) is 0 Å². The summed E-state index contributed by atoms with van der Waals surface area (Å²) >= 11 is 0. The second kappa shape index (κ2) is 7.75. The Morgan fingerprint density at radius 1 is 0.760 bits per heavy atom. The van der Waals surface area contributed by atoms with Gasteiger partial charge in [0.25, 0.3) is 5.91 Å². The number of amides is 1. The smallest absolute Gasteiger partial charge is 0.259 e. The largest absolute Gasteiger partial charge is 0.351 e. The molecule has 4 heteroatoms. The Labute approximate surface area is 147 Å². The minimum absolute atomic E-state index is 0.158. The Hall–Kier alpha value is -2.95. The Bertz CT molecular complexity index is 708. The van der Waals surface area contributed by atoms with E-state index >= 15 is 0 Å². The van der Waals surface area contributed by atoms with Crippen molar-refractivity contribution < 1.29 is 9.53 Å². The van der Waals surface area contributed by atoms with Crippen molar-refractivity contribution in [1.29, 1.82) is 0 Å². The maximum Gasteiger partial charge on any atom is 0.259 e. The van der Waals surface area contributed by atoms with E-state index in [0.717, 1.165) is 16.7 Å². The number of rotatable bonds is 6. The van der Waals surface area contributed by atoms with Crippen LogP contribution in [0.5, 0.6) is 0 Å². The fraction of sp³-hybridized carbons (Fsp3) is 0.0952. The summed E-state index contributed by atoms with van der Waals surface area (Å²) < 4.78 is 6.25. The number of hydrogen-bond donors (Lipinski definition) is 2. The van der Waals surface area contributed by atoms with E-state index < -0.39 is 5.60 Å². The zero-order valence-electron chi connectivity index (χ0n) is 13.8. The van der Waals surface area contributed by atoms with Crippen molar-refractivity contribution in [3.05, 3.63) is 108 Å². The third-order valence-corrected chi connectivity index (χ3v) is 4.12. The van der Waals surface area contributed by atoms with E-state index in [2.05, 4.69) is 5.43 Å². The highest BCUT2D eigenvalue weighted by Crippen LogP contribution is 2.40. The predicted molar refractivity (Wildman–Crippen MR) is 97.5 cm³/mol. The molecule has 0 bridgehead atoms.